The zero-order chi connectivity index (χ0) is 13.8. The third-order valence-electron chi connectivity index (χ3n) is 3.57. The van der Waals surface area contributed by atoms with Crippen molar-refractivity contribution >= 4 is 52.5 Å². The lowest BCUT2D eigenvalue weighted by atomic mass is 9.92. The molecular formula is C14H19Cl2IN2O. The molecule has 1 aliphatic heterocycles. The van der Waals surface area contributed by atoms with E-state index in [1.165, 1.54) is 12.8 Å². The van der Waals surface area contributed by atoms with Crippen LogP contribution in [0.1, 0.15) is 30.1 Å². The molecule has 1 amide bonds. The van der Waals surface area contributed by atoms with E-state index in [0.717, 1.165) is 16.7 Å². The van der Waals surface area contributed by atoms with E-state index < -0.39 is 0 Å². The molecule has 1 saturated heterocycles. The number of hydrogen-bond donors (Lipinski definition) is 2. The van der Waals surface area contributed by atoms with E-state index in [1.807, 2.05) is 6.07 Å². The molecule has 0 bridgehead atoms. The standard InChI is InChI=1S/C14H18ClIN2O.ClH/c1-9(10-3-2-6-17-8-10)18-14(19)12-7-11(15)4-5-13(12)16;/h4-5,7,9-10,17H,2-3,6,8H2,1H3,(H,18,19);1H. The van der Waals surface area contributed by atoms with Crippen molar-refractivity contribution in [3.63, 3.8) is 0 Å². The average Bonchev–Trinajstić information content (AvgIpc) is 2.42. The number of nitrogens with one attached hydrogen (secondary N) is 2. The van der Waals surface area contributed by atoms with Crippen molar-refractivity contribution < 1.29 is 4.79 Å². The van der Waals surface area contributed by atoms with E-state index in [-0.39, 0.29) is 24.4 Å². The van der Waals surface area contributed by atoms with E-state index in [4.69, 9.17) is 11.6 Å². The third-order valence-corrected chi connectivity index (χ3v) is 4.75. The highest BCUT2D eigenvalue weighted by molar-refractivity contribution is 14.1. The highest BCUT2D eigenvalue weighted by atomic mass is 127. The summed E-state index contributed by atoms with van der Waals surface area (Å²) in [5.74, 6) is 0.472. The minimum atomic E-state index is -0.0371. The fraction of sp³-hybridized carbons (Fsp3) is 0.500. The van der Waals surface area contributed by atoms with E-state index in [2.05, 4.69) is 40.1 Å². The van der Waals surface area contributed by atoms with Crippen LogP contribution in [0.2, 0.25) is 5.02 Å². The van der Waals surface area contributed by atoms with Crippen molar-refractivity contribution in [3.8, 4) is 0 Å². The number of carbonyl (C=O) groups excluding carboxylic acids is 1. The maximum atomic E-state index is 12.3. The molecule has 112 valence electrons. The van der Waals surface area contributed by atoms with Crippen LogP contribution in [-0.4, -0.2) is 25.0 Å². The molecule has 6 heteroatoms. The molecule has 0 aromatic heterocycles. The van der Waals surface area contributed by atoms with E-state index >= 15 is 0 Å². The van der Waals surface area contributed by atoms with Gasteiger partial charge in [-0.2, -0.15) is 0 Å². The zero-order valence-electron chi connectivity index (χ0n) is 11.3. The number of benzene rings is 1. The van der Waals surface area contributed by atoms with Crippen LogP contribution in [0.15, 0.2) is 18.2 Å². The number of carbonyl (C=O) groups is 1. The minimum absolute atomic E-state index is 0. The Morgan fingerprint density at radius 3 is 2.95 bits per heavy atom. The summed E-state index contributed by atoms with van der Waals surface area (Å²) in [5, 5.41) is 7.06. The molecular weight excluding hydrogens is 410 g/mol. The second-order valence-corrected chi connectivity index (χ2v) is 6.59. The molecule has 2 atom stereocenters. The summed E-state index contributed by atoms with van der Waals surface area (Å²) in [6, 6.07) is 5.57. The highest BCUT2D eigenvalue weighted by Crippen LogP contribution is 2.19. The summed E-state index contributed by atoms with van der Waals surface area (Å²) in [4.78, 5) is 12.3. The molecule has 2 rings (SSSR count). The number of halogens is 3. The molecule has 0 saturated carbocycles. The Morgan fingerprint density at radius 2 is 2.30 bits per heavy atom. The monoisotopic (exact) mass is 428 g/mol. The van der Waals surface area contributed by atoms with Gasteiger partial charge in [0.2, 0.25) is 0 Å². The summed E-state index contributed by atoms with van der Waals surface area (Å²) < 4.78 is 0.925. The largest absolute Gasteiger partial charge is 0.349 e. The van der Waals surface area contributed by atoms with Gasteiger partial charge in [-0.15, -0.1) is 12.4 Å². The Balaban J connectivity index is 0.00000200. The van der Waals surface area contributed by atoms with Crippen molar-refractivity contribution in [2.45, 2.75) is 25.8 Å². The van der Waals surface area contributed by atoms with Gasteiger partial charge >= 0.3 is 0 Å². The fourth-order valence-corrected chi connectivity index (χ4v) is 3.13. The first-order chi connectivity index (χ1) is 9.08. The van der Waals surface area contributed by atoms with E-state index in [9.17, 15) is 4.79 Å². The van der Waals surface area contributed by atoms with Crippen molar-refractivity contribution in [1.82, 2.24) is 10.6 Å². The number of hydrogen-bond acceptors (Lipinski definition) is 2. The number of rotatable bonds is 3. The van der Waals surface area contributed by atoms with Gasteiger partial charge in [0.05, 0.1) is 5.56 Å². The molecule has 1 aromatic carbocycles. The molecule has 2 unspecified atom stereocenters. The smallest absolute Gasteiger partial charge is 0.252 e. The summed E-state index contributed by atoms with van der Waals surface area (Å²) in [6.45, 7) is 4.14. The Kier molecular flexibility index (Phi) is 7.58. The van der Waals surface area contributed by atoms with Gasteiger partial charge < -0.3 is 10.6 Å². The lowest BCUT2D eigenvalue weighted by Gasteiger charge is -2.29. The number of piperidine rings is 1. The third kappa shape index (κ3) is 4.76. The number of amides is 1. The Bertz CT molecular complexity index is 464. The highest BCUT2D eigenvalue weighted by Gasteiger charge is 2.22. The molecule has 1 aliphatic rings. The average molecular weight is 429 g/mol. The van der Waals surface area contributed by atoms with Crippen LogP contribution in [0, 0.1) is 9.49 Å². The Labute approximate surface area is 144 Å². The zero-order valence-corrected chi connectivity index (χ0v) is 15.0. The summed E-state index contributed by atoms with van der Waals surface area (Å²) in [7, 11) is 0. The van der Waals surface area contributed by atoms with Gasteiger partial charge in [0.1, 0.15) is 0 Å². The molecule has 0 radical (unpaired) electrons. The topological polar surface area (TPSA) is 41.1 Å². The Morgan fingerprint density at radius 1 is 1.55 bits per heavy atom. The van der Waals surface area contributed by atoms with Gasteiger partial charge in [0.15, 0.2) is 0 Å². The van der Waals surface area contributed by atoms with Crippen molar-refractivity contribution in [3.05, 3.63) is 32.4 Å². The molecule has 1 fully saturated rings. The first kappa shape index (κ1) is 18.0. The predicted octanol–water partition coefficient (Wildman–Crippen LogP) is 3.48. The van der Waals surface area contributed by atoms with Gasteiger partial charge in [-0.3, -0.25) is 4.79 Å². The SMILES string of the molecule is CC(NC(=O)c1cc(Cl)ccc1I)C1CCCNC1.Cl. The van der Waals surface area contributed by atoms with Gasteiger partial charge in [0, 0.05) is 14.6 Å². The van der Waals surface area contributed by atoms with Gasteiger partial charge in [-0.25, -0.2) is 0 Å². The van der Waals surface area contributed by atoms with Crippen LogP contribution in [0.5, 0.6) is 0 Å². The second-order valence-electron chi connectivity index (χ2n) is 4.99. The van der Waals surface area contributed by atoms with E-state index in [1.54, 1.807) is 12.1 Å². The molecule has 0 aliphatic carbocycles. The quantitative estimate of drug-likeness (QED) is 0.723. The Hall–Kier alpha value is -0.0400. The summed E-state index contributed by atoms with van der Waals surface area (Å²) >= 11 is 8.11. The minimum Gasteiger partial charge on any atom is -0.349 e. The van der Waals surface area contributed by atoms with Gasteiger partial charge in [-0.05, 0) is 79.6 Å². The molecule has 20 heavy (non-hydrogen) atoms. The van der Waals surface area contributed by atoms with Crippen LogP contribution in [0.3, 0.4) is 0 Å². The van der Waals surface area contributed by atoms with Gasteiger partial charge in [0.25, 0.3) is 5.91 Å². The van der Waals surface area contributed by atoms with Crippen LogP contribution in [0.4, 0.5) is 0 Å². The fourth-order valence-electron chi connectivity index (χ4n) is 2.38. The van der Waals surface area contributed by atoms with Crippen LogP contribution in [0.25, 0.3) is 0 Å². The normalized spacial score (nSPS) is 19.9. The maximum Gasteiger partial charge on any atom is 0.252 e. The summed E-state index contributed by atoms with van der Waals surface area (Å²) in [5.41, 5.74) is 0.656. The molecule has 1 aromatic rings. The predicted molar refractivity (Wildman–Crippen MR) is 93.9 cm³/mol. The summed E-state index contributed by atoms with van der Waals surface area (Å²) in [6.07, 6.45) is 2.35. The van der Waals surface area contributed by atoms with Crippen LogP contribution >= 0.6 is 46.6 Å². The first-order valence-electron chi connectivity index (χ1n) is 6.54. The lowest BCUT2D eigenvalue weighted by molar-refractivity contribution is 0.0921. The molecule has 2 N–H and O–H groups in total. The van der Waals surface area contributed by atoms with Gasteiger partial charge in [-0.1, -0.05) is 11.6 Å². The molecule has 0 spiro atoms. The first-order valence-corrected chi connectivity index (χ1v) is 8.00. The van der Waals surface area contributed by atoms with Crippen molar-refractivity contribution in [2.24, 2.45) is 5.92 Å². The molecule has 1 heterocycles. The van der Waals surface area contributed by atoms with Crippen LogP contribution in [-0.2, 0) is 0 Å². The lowest BCUT2D eigenvalue weighted by Crippen LogP contribution is -2.44. The van der Waals surface area contributed by atoms with Crippen LogP contribution < -0.4 is 10.6 Å². The maximum absolute atomic E-state index is 12.3. The van der Waals surface area contributed by atoms with Crippen molar-refractivity contribution in [2.75, 3.05) is 13.1 Å². The second kappa shape index (κ2) is 8.41. The van der Waals surface area contributed by atoms with Crippen molar-refractivity contribution in [1.29, 1.82) is 0 Å². The molecule has 3 nitrogen and oxygen atoms in total. The van der Waals surface area contributed by atoms with E-state index in [0.29, 0.717) is 16.5 Å².